The summed E-state index contributed by atoms with van der Waals surface area (Å²) >= 11 is 11.9. The van der Waals surface area contributed by atoms with Crippen molar-refractivity contribution in [1.82, 2.24) is 4.98 Å². The zero-order valence-corrected chi connectivity index (χ0v) is 13.8. The number of aromatic nitrogens is 1. The lowest BCUT2D eigenvalue weighted by molar-refractivity contribution is 0.142. The summed E-state index contributed by atoms with van der Waals surface area (Å²) in [7, 11) is 0. The van der Waals surface area contributed by atoms with Gasteiger partial charge in [0, 0.05) is 0 Å². The summed E-state index contributed by atoms with van der Waals surface area (Å²) in [5.41, 5.74) is 7.24. The van der Waals surface area contributed by atoms with E-state index in [1.54, 1.807) is 36.5 Å². The van der Waals surface area contributed by atoms with Gasteiger partial charge in [-0.3, -0.25) is 4.98 Å². The molecule has 4 nitrogen and oxygen atoms in total. The zero-order chi connectivity index (χ0) is 16.3. The van der Waals surface area contributed by atoms with Crippen LogP contribution < -0.4 is 10.5 Å². The van der Waals surface area contributed by atoms with E-state index >= 15 is 0 Å². The van der Waals surface area contributed by atoms with Crippen molar-refractivity contribution in [2.75, 3.05) is 0 Å². The molecule has 0 radical (unpaired) electrons. The third kappa shape index (κ3) is 4.11. The summed E-state index contributed by atoms with van der Waals surface area (Å²) in [4.78, 5) is 4.20. The first kappa shape index (κ1) is 17.0. The Morgan fingerprint density at radius 1 is 1.14 bits per heavy atom. The van der Waals surface area contributed by atoms with Gasteiger partial charge in [0.1, 0.15) is 11.9 Å². The molecular weight excluding hydrogens is 323 g/mol. The molecule has 1 aromatic carbocycles. The van der Waals surface area contributed by atoms with Gasteiger partial charge in [0.05, 0.1) is 34.1 Å². The molecule has 2 rings (SSSR count). The predicted octanol–water partition coefficient (Wildman–Crippen LogP) is 3.91. The maximum Gasteiger partial charge on any atom is 0.137 e. The van der Waals surface area contributed by atoms with E-state index in [0.29, 0.717) is 27.1 Å². The number of halogens is 2. The van der Waals surface area contributed by atoms with Crippen molar-refractivity contribution in [2.45, 2.75) is 32.1 Å². The van der Waals surface area contributed by atoms with Gasteiger partial charge in [-0.2, -0.15) is 0 Å². The number of aliphatic hydroxyl groups excluding tert-OH is 1. The summed E-state index contributed by atoms with van der Waals surface area (Å²) in [5.74, 6) is 0.647. The molecule has 0 amide bonds. The van der Waals surface area contributed by atoms with Gasteiger partial charge in [0.25, 0.3) is 0 Å². The first-order valence-corrected chi connectivity index (χ1v) is 7.65. The molecule has 0 fully saturated rings. The van der Waals surface area contributed by atoms with Gasteiger partial charge in [-0.1, -0.05) is 29.3 Å². The minimum atomic E-state index is -0.953. The maximum atomic E-state index is 10.4. The van der Waals surface area contributed by atoms with Crippen molar-refractivity contribution < 1.29 is 9.84 Å². The second kappa shape index (κ2) is 7.29. The van der Waals surface area contributed by atoms with Crippen LogP contribution in [0.4, 0.5) is 0 Å². The van der Waals surface area contributed by atoms with Crippen LogP contribution in [0.3, 0.4) is 0 Å². The predicted molar refractivity (Wildman–Crippen MR) is 88.4 cm³/mol. The number of benzene rings is 1. The fraction of sp³-hybridized carbons (Fsp3) is 0.312. The molecule has 0 saturated carbocycles. The third-order valence-corrected chi connectivity index (χ3v) is 3.84. The normalized spacial score (nSPS) is 14.0. The highest BCUT2D eigenvalue weighted by atomic mass is 35.5. The third-order valence-electron chi connectivity index (χ3n) is 3.10. The average Bonchev–Trinajstić information content (AvgIpc) is 2.49. The Morgan fingerprint density at radius 3 is 2.41 bits per heavy atom. The Hall–Kier alpha value is -1.33. The van der Waals surface area contributed by atoms with Crippen molar-refractivity contribution in [1.29, 1.82) is 0 Å². The second-order valence-corrected chi connectivity index (χ2v) is 6.04. The average molecular weight is 341 g/mol. The highest BCUT2D eigenvalue weighted by Gasteiger charge is 2.20. The van der Waals surface area contributed by atoms with Crippen LogP contribution in [0.25, 0.3) is 0 Å². The zero-order valence-electron chi connectivity index (χ0n) is 12.3. The molecule has 0 unspecified atom stereocenters. The van der Waals surface area contributed by atoms with Gasteiger partial charge in [-0.25, -0.2) is 0 Å². The van der Waals surface area contributed by atoms with E-state index in [1.807, 2.05) is 13.8 Å². The van der Waals surface area contributed by atoms with Gasteiger partial charge in [0.15, 0.2) is 0 Å². The Labute approximate surface area is 139 Å². The molecular formula is C16H18Cl2N2O2. The summed E-state index contributed by atoms with van der Waals surface area (Å²) in [6, 6.07) is 7.83. The van der Waals surface area contributed by atoms with Gasteiger partial charge in [-0.15, -0.1) is 0 Å². The summed E-state index contributed by atoms with van der Waals surface area (Å²) in [6.45, 7) is 3.87. The van der Waals surface area contributed by atoms with E-state index in [9.17, 15) is 5.11 Å². The standard InChI is InChI=1S/C16H18Cl2N2O2/c1-9(2)22-11-4-6-14(20-8-11)16(21)15(19)10-3-5-12(17)13(18)7-10/h3-9,15-16,21H,19H2,1-2H3/t15-,16+/m0/s1. The van der Waals surface area contributed by atoms with Crippen molar-refractivity contribution in [3.05, 3.63) is 57.8 Å². The van der Waals surface area contributed by atoms with E-state index in [4.69, 9.17) is 33.7 Å². The number of rotatable bonds is 5. The topological polar surface area (TPSA) is 68.4 Å². The smallest absolute Gasteiger partial charge is 0.137 e. The number of ether oxygens (including phenoxy) is 1. The molecule has 118 valence electrons. The molecule has 1 aromatic heterocycles. The Morgan fingerprint density at radius 2 is 1.86 bits per heavy atom. The SMILES string of the molecule is CC(C)Oc1ccc([C@@H](O)[C@@H](N)c2ccc(Cl)c(Cl)c2)nc1. The second-order valence-electron chi connectivity index (χ2n) is 5.23. The molecule has 6 heteroatoms. The molecule has 0 aliphatic heterocycles. The Bertz CT molecular complexity index is 633. The molecule has 3 N–H and O–H groups in total. The fourth-order valence-corrected chi connectivity index (χ4v) is 2.30. The number of nitrogens with two attached hydrogens (primary N) is 1. The lowest BCUT2D eigenvalue weighted by Gasteiger charge is -2.19. The fourth-order valence-electron chi connectivity index (χ4n) is 1.99. The van der Waals surface area contributed by atoms with Gasteiger partial charge in [0.2, 0.25) is 0 Å². The molecule has 2 aromatic rings. The van der Waals surface area contributed by atoms with E-state index in [-0.39, 0.29) is 6.10 Å². The summed E-state index contributed by atoms with van der Waals surface area (Å²) in [5, 5.41) is 11.2. The number of hydrogen-bond acceptors (Lipinski definition) is 4. The van der Waals surface area contributed by atoms with Crippen LogP contribution in [-0.2, 0) is 0 Å². The van der Waals surface area contributed by atoms with E-state index in [1.165, 1.54) is 0 Å². The van der Waals surface area contributed by atoms with Gasteiger partial charge in [-0.05, 0) is 43.7 Å². The quantitative estimate of drug-likeness (QED) is 0.865. The summed E-state index contributed by atoms with van der Waals surface area (Å²) < 4.78 is 5.52. The highest BCUT2D eigenvalue weighted by molar-refractivity contribution is 6.42. The number of hydrogen-bond donors (Lipinski definition) is 2. The number of aliphatic hydroxyl groups is 1. The molecule has 0 spiro atoms. The van der Waals surface area contributed by atoms with Crippen LogP contribution in [0.15, 0.2) is 36.5 Å². The first-order valence-electron chi connectivity index (χ1n) is 6.89. The molecule has 0 aliphatic rings. The number of nitrogens with zero attached hydrogens (tertiary/aromatic N) is 1. The van der Waals surface area contributed by atoms with E-state index in [2.05, 4.69) is 4.98 Å². The lowest BCUT2D eigenvalue weighted by Crippen LogP contribution is -2.20. The molecule has 1 heterocycles. The molecule has 0 saturated heterocycles. The van der Waals surface area contributed by atoms with Crippen molar-refractivity contribution >= 4 is 23.2 Å². The molecule has 22 heavy (non-hydrogen) atoms. The van der Waals surface area contributed by atoms with Crippen molar-refractivity contribution in [3.63, 3.8) is 0 Å². The van der Waals surface area contributed by atoms with Crippen LogP contribution in [0.2, 0.25) is 10.0 Å². The minimum absolute atomic E-state index is 0.0658. The Kier molecular flexibility index (Phi) is 5.64. The van der Waals surface area contributed by atoms with Crippen LogP contribution in [-0.4, -0.2) is 16.2 Å². The van der Waals surface area contributed by atoms with E-state index in [0.717, 1.165) is 0 Å². The first-order chi connectivity index (χ1) is 10.4. The molecule has 0 bridgehead atoms. The Balaban J connectivity index is 2.15. The van der Waals surface area contributed by atoms with Crippen LogP contribution >= 0.6 is 23.2 Å². The largest absolute Gasteiger partial charge is 0.489 e. The van der Waals surface area contributed by atoms with E-state index < -0.39 is 12.1 Å². The number of pyridine rings is 1. The van der Waals surface area contributed by atoms with Crippen LogP contribution in [0.5, 0.6) is 5.75 Å². The van der Waals surface area contributed by atoms with Crippen LogP contribution in [0, 0.1) is 0 Å². The minimum Gasteiger partial charge on any atom is -0.489 e. The highest BCUT2D eigenvalue weighted by Crippen LogP contribution is 2.30. The monoisotopic (exact) mass is 340 g/mol. The molecule has 0 aliphatic carbocycles. The van der Waals surface area contributed by atoms with Crippen LogP contribution in [0.1, 0.15) is 37.3 Å². The van der Waals surface area contributed by atoms with Gasteiger partial charge >= 0.3 is 0 Å². The van der Waals surface area contributed by atoms with Gasteiger partial charge < -0.3 is 15.6 Å². The van der Waals surface area contributed by atoms with Crippen molar-refractivity contribution in [3.8, 4) is 5.75 Å². The van der Waals surface area contributed by atoms with Crippen molar-refractivity contribution in [2.24, 2.45) is 5.73 Å². The summed E-state index contributed by atoms with van der Waals surface area (Å²) in [6.07, 6.45) is 0.682. The molecule has 2 atom stereocenters. The lowest BCUT2D eigenvalue weighted by atomic mass is 10.00. The maximum absolute atomic E-state index is 10.4.